The number of amides is 3. The first-order valence-corrected chi connectivity index (χ1v) is 7.61. The first-order chi connectivity index (χ1) is 11.1. The molecule has 0 radical (unpaired) electrons. The highest BCUT2D eigenvalue weighted by Gasteiger charge is 2.34. The fourth-order valence-corrected chi connectivity index (χ4v) is 2.49. The largest absolute Gasteiger partial charge is 0.445 e. The smallest absolute Gasteiger partial charge is 0.410 e. The average Bonchev–Trinajstić information content (AvgIpc) is 3.03. The summed E-state index contributed by atoms with van der Waals surface area (Å²) in [4.78, 5) is 36.4. The standard InChI is InChI=1S/C16H21N3O4/c17-14(20)8-9-18-15(21)13-7-4-10-19(13)16(22)23-11-12-5-2-1-3-6-12/h1-3,5-6,13H,4,7-11H2,(H2,17,20)(H,18,21)/t13-/m0/s1. The van der Waals surface area contributed by atoms with Crippen molar-refractivity contribution in [3.8, 4) is 0 Å². The normalized spacial score (nSPS) is 16.9. The fourth-order valence-electron chi connectivity index (χ4n) is 2.49. The Morgan fingerprint density at radius 1 is 1.26 bits per heavy atom. The van der Waals surface area contributed by atoms with Crippen molar-refractivity contribution < 1.29 is 19.1 Å². The van der Waals surface area contributed by atoms with Crippen molar-refractivity contribution in [1.29, 1.82) is 0 Å². The highest BCUT2D eigenvalue weighted by molar-refractivity contribution is 5.86. The zero-order chi connectivity index (χ0) is 16.7. The maximum atomic E-state index is 12.2. The second-order valence-electron chi connectivity index (χ2n) is 5.40. The van der Waals surface area contributed by atoms with Gasteiger partial charge in [0.2, 0.25) is 11.8 Å². The molecule has 1 heterocycles. The van der Waals surface area contributed by atoms with Crippen LogP contribution in [0.5, 0.6) is 0 Å². The Balaban J connectivity index is 1.83. The van der Waals surface area contributed by atoms with Crippen molar-refractivity contribution in [1.82, 2.24) is 10.2 Å². The van der Waals surface area contributed by atoms with Crippen LogP contribution >= 0.6 is 0 Å². The second kappa shape index (κ2) is 8.17. The topological polar surface area (TPSA) is 102 Å². The molecule has 2 rings (SSSR count). The summed E-state index contributed by atoms with van der Waals surface area (Å²) in [7, 11) is 0. The van der Waals surface area contributed by atoms with Crippen LogP contribution in [0, 0.1) is 0 Å². The molecule has 1 saturated heterocycles. The molecule has 0 aromatic heterocycles. The lowest BCUT2D eigenvalue weighted by Crippen LogP contribution is -2.46. The number of benzene rings is 1. The summed E-state index contributed by atoms with van der Waals surface area (Å²) in [6, 6.07) is 8.81. The molecule has 1 aromatic rings. The Kier molecular flexibility index (Phi) is 5.96. The molecule has 7 heteroatoms. The molecule has 3 N–H and O–H groups in total. The number of hydrogen-bond acceptors (Lipinski definition) is 4. The van der Waals surface area contributed by atoms with Gasteiger partial charge in [0.25, 0.3) is 0 Å². The highest BCUT2D eigenvalue weighted by Crippen LogP contribution is 2.19. The van der Waals surface area contributed by atoms with Crippen molar-refractivity contribution in [3.63, 3.8) is 0 Å². The van der Waals surface area contributed by atoms with Crippen LogP contribution in [0.25, 0.3) is 0 Å². The molecular weight excluding hydrogens is 298 g/mol. The molecule has 1 aromatic carbocycles. The molecule has 1 aliphatic rings. The number of nitrogens with one attached hydrogen (secondary N) is 1. The van der Waals surface area contributed by atoms with E-state index in [2.05, 4.69) is 5.32 Å². The van der Waals surface area contributed by atoms with E-state index in [0.717, 1.165) is 12.0 Å². The monoisotopic (exact) mass is 319 g/mol. The van der Waals surface area contributed by atoms with Gasteiger partial charge in [-0.3, -0.25) is 14.5 Å². The molecule has 1 atom stereocenters. The van der Waals surface area contributed by atoms with Crippen molar-refractivity contribution in [2.24, 2.45) is 5.73 Å². The SMILES string of the molecule is NC(=O)CCNC(=O)[C@@H]1CCCN1C(=O)OCc1ccccc1. The van der Waals surface area contributed by atoms with E-state index in [1.807, 2.05) is 30.3 Å². The van der Waals surface area contributed by atoms with Crippen molar-refractivity contribution in [2.75, 3.05) is 13.1 Å². The maximum Gasteiger partial charge on any atom is 0.410 e. The molecule has 0 saturated carbocycles. The molecule has 0 aliphatic carbocycles. The van der Waals surface area contributed by atoms with E-state index >= 15 is 0 Å². The predicted molar refractivity (Wildman–Crippen MR) is 83.2 cm³/mol. The molecule has 23 heavy (non-hydrogen) atoms. The summed E-state index contributed by atoms with van der Waals surface area (Å²) in [5.74, 6) is -0.753. The van der Waals surface area contributed by atoms with Gasteiger partial charge in [-0.15, -0.1) is 0 Å². The van der Waals surface area contributed by atoms with Crippen LogP contribution in [0.4, 0.5) is 4.79 Å². The highest BCUT2D eigenvalue weighted by atomic mass is 16.6. The molecule has 1 fully saturated rings. The van der Waals surface area contributed by atoms with E-state index in [1.54, 1.807) is 0 Å². The van der Waals surface area contributed by atoms with Gasteiger partial charge in [0.15, 0.2) is 0 Å². The van der Waals surface area contributed by atoms with Crippen LogP contribution in [0.3, 0.4) is 0 Å². The summed E-state index contributed by atoms with van der Waals surface area (Å²) >= 11 is 0. The quantitative estimate of drug-likeness (QED) is 0.809. The third-order valence-corrected chi connectivity index (χ3v) is 3.67. The van der Waals surface area contributed by atoms with Gasteiger partial charge in [-0.2, -0.15) is 0 Å². The Labute approximate surface area is 134 Å². The minimum atomic E-state index is -0.550. The lowest BCUT2D eigenvalue weighted by atomic mass is 10.2. The van der Waals surface area contributed by atoms with Gasteiger partial charge in [-0.05, 0) is 18.4 Å². The summed E-state index contributed by atoms with van der Waals surface area (Å²) in [5, 5.41) is 2.63. The lowest BCUT2D eigenvalue weighted by Gasteiger charge is -2.23. The molecule has 0 bridgehead atoms. The third-order valence-electron chi connectivity index (χ3n) is 3.67. The minimum Gasteiger partial charge on any atom is -0.445 e. The maximum absolute atomic E-state index is 12.2. The van der Waals surface area contributed by atoms with Gasteiger partial charge < -0.3 is 15.8 Å². The summed E-state index contributed by atoms with van der Waals surface area (Å²) in [6.45, 7) is 0.839. The second-order valence-corrected chi connectivity index (χ2v) is 5.40. The fraction of sp³-hybridized carbons (Fsp3) is 0.438. The third kappa shape index (κ3) is 4.98. The molecule has 124 valence electrons. The molecule has 0 unspecified atom stereocenters. The number of likely N-dealkylation sites (tertiary alicyclic amines) is 1. The van der Waals surface area contributed by atoms with E-state index in [-0.39, 0.29) is 25.5 Å². The number of carbonyl (C=O) groups is 3. The van der Waals surface area contributed by atoms with Crippen LogP contribution in [0.15, 0.2) is 30.3 Å². The van der Waals surface area contributed by atoms with E-state index < -0.39 is 18.0 Å². The van der Waals surface area contributed by atoms with Gasteiger partial charge in [-0.25, -0.2) is 4.79 Å². The number of hydrogen-bond donors (Lipinski definition) is 2. The molecule has 3 amide bonds. The Hall–Kier alpha value is -2.57. The molecule has 0 spiro atoms. The van der Waals surface area contributed by atoms with Crippen LogP contribution in [-0.4, -0.2) is 41.9 Å². The van der Waals surface area contributed by atoms with Crippen LogP contribution in [-0.2, 0) is 20.9 Å². The number of nitrogens with zero attached hydrogens (tertiary/aromatic N) is 1. The van der Waals surface area contributed by atoms with Gasteiger partial charge in [0.05, 0.1) is 0 Å². The zero-order valence-corrected chi connectivity index (χ0v) is 12.9. The van der Waals surface area contributed by atoms with Gasteiger partial charge >= 0.3 is 6.09 Å². The zero-order valence-electron chi connectivity index (χ0n) is 12.9. The van der Waals surface area contributed by atoms with Gasteiger partial charge in [0.1, 0.15) is 12.6 Å². The van der Waals surface area contributed by atoms with Crippen LogP contribution in [0.1, 0.15) is 24.8 Å². The van der Waals surface area contributed by atoms with E-state index in [4.69, 9.17) is 10.5 Å². The molecule has 1 aliphatic heterocycles. The van der Waals surface area contributed by atoms with Crippen LogP contribution < -0.4 is 11.1 Å². The molecular formula is C16H21N3O4. The number of carbonyl (C=O) groups excluding carboxylic acids is 3. The number of rotatable bonds is 6. The van der Waals surface area contributed by atoms with Crippen molar-refractivity contribution >= 4 is 17.9 Å². The predicted octanol–water partition coefficient (Wildman–Crippen LogP) is 0.779. The number of primary amides is 1. The number of ether oxygens (including phenoxy) is 1. The minimum absolute atomic E-state index is 0.0803. The Morgan fingerprint density at radius 3 is 2.70 bits per heavy atom. The van der Waals surface area contributed by atoms with Crippen molar-refractivity contribution in [2.45, 2.75) is 31.9 Å². The first-order valence-electron chi connectivity index (χ1n) is 7.61. The van der Waals surface area contributed by atoms with Crippen LogP contribution in [0.2, 0.25) is 0 Å². The number of nitrogens with two attached hydrogens (primary N) is 1. The summed E-state index contributed by atoms with van der Waals surface area (Å²) < 4.78 is 5.27. The first kappa shape index (κ1) is 16.8. The van der Waals surface area contributed by atoms with Crippen molar-refractivity contribution in [3.05, 3.63) is 35.9 Å². The average molecular weight is 319 g/mol. The van der Waals surface area contributed by atoms with Gasteiger partial charge in [0, 0.05) is 19.5 Å². The van der Waals surface area contributed by atoms with E-state index in [0.29, 0.717) is 13.0 Å². The van der Waals surface area contributed by atoms with E-state index in [9.17, 15) is 14.4 Å². The van der Waals surface area contributed by atoms with Gasteiger partial charge in [-0.1, -0.05) is 30.3 Å². The lowest BCUT2D eigenvalue weighted by molar-refractivity contribution is -0.125. The Morgan fingerprint density at radius 2 is 2.00 bits per heavy atom. The molecule has 7 nitrogen and oxygen atoms in total. The summed E-state index contributed by atoms with van der Waals surface area (Å²) in [5.41, 5.74) is 5.92. The Bertz CT molecular complexity index is 562. The van der Waals surface area contributed by atoms with E-state index in [1.165, 1.54) is 4.90 Å². The summed E-state index contributed by atoms with van der Waals surface area (Å²) in [6.07, 6.45) is 0.912.